The number of carbonyl (C=O) groups is 2. The molecule has 1 atom stereocenters. The predicted molar refractivity (Wildman–Crippen MR) is 173 cm³/mol. The van der Waals surface area contributed by atoms with Gasteiger partial charge >= 0.3 is 0 Å². The summed E-state index contributed by atoms with van der Waals surface area (Å²) in [6.07, 6.45) is 0.214. The summed E-state index contributed by atoms with van der Waals surface area (Å²) < 4.78 is 35.1. The standard InChI is InChI=1S/C34H36ClN3O5S/c1-24-13-16-29(17-14-24)44(41,42)38(30-19-25(2)15-18-32(30)43-4)23-33(39)37(22-27-11-8-12-28(35)20-27)31(34(40)36-3)21-26-9-6-5-7-10-26/h5-20,31H,21-23H2,1-4H3,(H,36,40). The van der Waals surface area contributed by atoms with E-state index in [-0.39, 0.29) is 35.2 Å². The summed E-state index contributed by atoms with van der Waals surface area (Å²) in [5.41, 5.74) is 3.41. The van der Waals surface area contributed by atoms with Gasteiger partial charge in [-0.25, -0.2) is 8.42 Å². The average molecular weight is 634 g/mol. The van der Waals surface area contributed by atoms with Crippen LogP contribution in [0.2, 0.25) is 5.02 Å². The number of ether oxygens (including phenoxy) is 1. The average Bonchev–Trinajstić information content (AvgIpc) is 3.01. The lowest BCUT2D eigenvalue weighted by Gasteiger charge is -2.34. The van der Waals surface area contributed by atoms with E-state index in [1.165, 1.54) is 31.2 Å². The van der Waals surface area contributed by atoms with Crippen LogP contribution in [-0.4, -0.2) is 51.9 Å². The Morgan fingerprint density at radius 2 is 1.52 bits per heavy atom. The summed E-state index contributed by atoms with van der Waals surface area (Å²) in [7, 11) is -1.30. The van der Waals surface area contributed by atoms with Crippen LogP contribution in [0.4, 0.5) is 5.69 Å². The van der Waals surface area contributed by atoms with E-state index in [9.17, 15) is 18.0 Å². The number of halogens is 1. The van der Waals surface area contributed by atoms with Gasteiger partial charge in [-0.2, -0.15) is 0 Å². The molecule has 1 N–H and O–H groups in total. The van der Waals surface area contributed by atoms with Gasteiger partial charge in [0.05, 0.1) is 17.7 Å². The first-order chi connectivity index (χ1) is 21.0. The third-order valence-corrected chi connectivity index (χ3v) is 9.26. The minimum Gasteiger partial charge on any atom is -0.495 e. The highest BCUT2D eigenvalue weighted by molar-refractivity contribution is 7.92. The zero-order chi connectivity index (χ0) is 31.9. The molecule has 0 saturated carbocycles. The van der Waals surface area contributed by atoms with E-state index < -0.39 is 28.5 Å². The summed E-state index contributed by atoms with van der Waals surface area (Å²) in [5.74, 6) is -0.674. The number of anilines is 1. The van der Waals surface area contributed by atoms with Crippen LogP contribution in [-0.2, 0) is 32.6 Å². The summed E-state index contributed by atoms with van der Waals surface area (Å²) in [6.45, 7) is 3.13. The van der Waals surface area contributed by atoms with Crippen molar-refractivity contribution in [3.8, 4) is 5.75 Å². The molecule has 0 heterocycles. The van der Waals surface area contributed by atoms with Crippen molar-refractivity contribution in [2.75, 3.05) is 25.0 Å². The fourth-order valence-corrected chi connectivity index (χ4v) is 6.53. The van der Waals surface area contributed by atoms with Gasteiger partial charge in [0.2, 0.25) is 11.8 Å². The quantitative estimate of drug-likeness (QED) is 0.221. The lowest BCUT2D eigenvalue weighted by molar-refractivity contribution is -0.139. The predicted octanol–water partition coefficient (Wildman–Crippen LogP) is 5.55. The van der Waals surface area contributed by atoms with Crippen LogP contribution in [0.25, 0.3) is 0 Å². The van der Waals surface area contributed by atoms with Crippen LogP contribution in [0.15, 0.2) is 102 Å². The first-order valence-corrected chi connectivity index (χ1v) is 15.9. The molecule has 1 unspecified atom stereocenters. The number of hydrogen-bond acceptors (Lipinski definition) is 5. The largest absolute Gasteiger partial charge is 0.495 e. The van der Waals surface area contributed by atoms with Gasteiger partial charge < -0.3 is 15.0 Å². The Labute approximate surface area is 264 Å². The monoisotopic (exact) mass is 633 g/mol. The molecule has 44 heavy (non-hydrogen) atoms. The number of methoxy groups -OCH3 is 1. The Bertz CT molecular complexity index is 1710. The van der Waals surface area contributed by atoms with Crippen molar-refractivity contribution in [1.82, 2.24) is 10.2 Å². The molecule has 4 aromatic carbocycles. The van der Waals surface area contributed by atoms with Crippen LogP contribution < -0.4 is 14.4 Å². The highest BCUT2D eigenvalue weighted by Crippen LogP contribution is 2.34. The second-order valence-corrected chi connectivity index (χ2v) is 12.8. The van der Waals surface area contributed by atoms with Crippen LogP contribution in [0, 0.1) is 13.8 Å². The van der Waals surface area contributed by atoms with E-state index in [2.05, 4.69) is 5.32 Å². The molecule has 4 aromatic rings. The fourth-order valence-electron chi connectivity index (χ4n) is 4.90. The van der Waals surface area contributed by atoms with Crippen LogP contribution in [0.3, 0.4) is 0 Å². The molecule has 0 fully saturated rings. The van der Waals surface area contributed by atoms with E-state index >= 15 is 0 Å². The van der Waals surface area contributed by atoms with Gasteiger partial charge in [-0.3, -0.25) is 13.9 Å². The number of sulfonamides is 1. The van der Waals surface area contributed by atoms with E-state index in [4.69, 9.17) is 16.3 Å². The maximum absolute atomic E-state index is 14.5. The highest BCUT2D eigenvalue weighted by Gasteiger charge is 2.35. The molecule has 0 aromatic heterocycles. The van der Waals surface area contributed by atoms with Gasteiger partial charge in [-0.1, -0.05) is 77.8 Å². The Morgan fingerprint density at radius 3 is 2.16 bits per heavy atom. The summed E-state index contributed by atoms with van der Waals surface area (Å²) in [5, 5.41) is 3.15. The molecule has 0 aliphatic rings. The molecular formula is C34H36ClN3O5S. The number of hydrogen-bond donors (Lipinski definition) is 1. The molecule has 0 aliphatic carbocycles. The van der Waals surface area contributed by atoms with Crippen molar-refractivity contribution in [3.05, 3.63) is 124 Å². The maximum atomic E-state index is 14.5. The van der Waals surface area contributed by atoms with Crippen LogP contribution >= 0.6 is 11.6 Å². The second kappa shape index (κ2) is 14.4. The van der Waals surface area contributed by atoms with Crippen LogP contribution in [0.1, 0.15) is 22.3 Å². The number of nitrogens with one attached hydrogen (secondary N) is 1. The van der Waals surface area contributed by atoms with Crippen molar-refractivity contribution >= 4 is 39.1 Å². The zero-order valence-corrected chi connectivity index (χ0v) is 26.7. The Kier molecular flexibility index (Phi) is 10.7. The van der Waals surface area contributed by atoms with Crippen molar-refractivity contribution in [1.29, 1.82) is 0 Å². The Morgan fingerprint density at radius 1 is 0.864 bits per heavy atom. The smallest absolute Gasteiger partial charge is 0.264 e. The van der Waals surface area contributed by atoms with Gasteiger partial charge in [0, 0.05) is 25.0 Å². The molecular weight excluding hydrogens is 598 g/mol. The number of carbonyl (C=O) groups excluding carboxylic acids is 2. The first kappa shape index (κ1) is 32.6. The van der Waals surface area contributed by atoms with Crippen molar-refractivity contribution < 1.29 is 22.7 Å². The minimum atomic E-state index is -4.25. The summed E-state index contributed by atoms with van der Waals surface area (Å²) in [6, 6.07) is 27.0. The van der Waals surface area contributed by atoms with Crippen molar-refractivity contribution in [2.24, 2.45) is 0 Å². The van der Waals surface area contributed by atoms with Gasteiger partial charge in [-0.15, -0.1) is 0 Å². The Balaban J connectivity index is 1.84. The van der Waals surface area contributed by atoms with Gasteiger partial charge in [0.25, 0.3) is 10.0 Å². The van der Waals surface area contributed by atoms with E-state index in [1.807, 2.05) is 44.2 Å². The third-order valence-electron chi connectivity index (χ3n) is 7.25. The van der Waals surface area contributed by atoms with E-state index in [1.54, 1.807) is 54.6 Å². The maximum Gasteiger partial charge on any atom is 0.264 e. The molecule has 0 spiro atoms. The first-order valence-electron chi connectivity index (χ1n) is 14.1. The Hall–Kier alpha value is -4.34. The number of aryl methyl sites for hydroxylation is 2. The molecule has 0 aliphatic heterocycles. The van der Waals surface area contributed by atoms with Gasteiger partial charge in [-0.05, 0) is 66.9 Å². The van der Waals surface area contributed by atoms with Gasteiger partial charge in [0.15, 0.2) is 0 Å². The molecule has 10 heteroatoms. The van der Waals surface area contributed by atoms with Crippen molar-refractivity contribution in [3.63, 3.8) is 0 Å². The zero-order valence-electron chi connectivity index (χ0n) is 25.2. The topological polar surface area (TPSA) is 96.0 Å². The molecule has 4 rings (SSSR count). The summed E-state index contributed by atoms with van der Waals surface area (Å²) >= 11 is 6.27. The van der Waals surface area contributed by atoms with E-state index in [0.29, 0.717) is 10.6 Å². The number of benzene rings is 4. The molecule has 8 nitrogen and oxygen atoms in total. The molecule has 2 amide bonds. The molecule has 230 valence electrons. The lowest BCUT2D eigenvalue weighted by atomic mass is 10.0. The van der Waals surface area contributed by atoms with E-state index in [0.717, 1.165) is 21.0 Å². The normalized spacial score (nSPS) is 11.8. The summed E-state index contributed by atoms with van der Waals surface area (Å²) in [4.78, 5) is 29.3. The minimum absolute atomic E-state index is 0.0213. The number of amides is 2. The van der Waals surface area contributed by atoms with Crippen LogP contribution in [0.5, 0.6) is 5.75 Å². The fraction of sp³-hybridized carbons (Fsp3) is 0.235. The lowest BCUT2D eigenvalue weighted by Crippen LogP contribution is -2.53. The number of likely N-dealkylation sites (N-methyl/N-ethyl adjacent to an activating group) is 1. The highest BCUT2D eigenvalue weighted by atomic mass is 35.5. The molecule has 0 radical (unpaired) electrons. The third kappa shape index (κ3) is 7.78. The number of nitrogens with zero attached hydrogens (tertiary/aromatic N) is 2. The second-order valence-electron chi connectivity index (χ2n) is 10.5. The number of rotatable bonds is 12. The SMILES string of the molecule is CNC(=O)C(Cc1ccccc1)N(Cc1cccc(Cl)c1)C(=O)CN(c1cc(C)ccc1OC)S(=O)(=O)c1ccc(C)cc1. The molecule has 0 saturated heterocycles. The molecule has 0 bridgehead atoms. The van der Waals surface area contributed by atoms with Crippen molar-refractivity contribution in [2.45, 2.75) is 37.8 Å². The van der Waals surface area contributed by atoms with Gasteiger partial charge in [0.1, 0.15) is 18.3 Å².